The van der Waals surface area contributed by atoms with E-state index >= 15 is 0 Å². The Kier molecular flexibility index (Phi) is 2.07. The summed E-state index contributed by atoms with van der Waals surface area (Å²) in [7, 11) is 0. The Hall–Kier alpha value is -2.49. The molecule has 3 rings (SSSR count). The second-order valence-electron chi connectivity index (χ2n) is 4.31. The maximum absolute atomic E-state index is 12.3. The minimum atomic E-state index is -0.393. The molecule has 88 valence electrons. The molecule has 0 radical (unpaired) electrons. The molecule has 0 bridgehead atoms. The van der Waals surface area contributed by atoms with Gasteiger partial charge in [-0.15, -0.1) is 0 Å². The van der Waals surface area contributed by atoms with Crippen LogP contribution in [0.4, 0.5) is 0 Å². The van der Waals surface area contributed by atoms with Gasteiger partial charge in [-0.3, -0.25) is 9.59 Å². The fraction of sp³-hybridized carbons (Fsp3) is 0.0714. The number of hydrogen-bond acceptors (Lipinski definition) is 3. The van der Waals surface area contributed by atoms with Gasteiger partial charge < -0.3 is 5.21 Å². The molecule has 0 N–H and O–H groups in total. The molecule has 0 fully saturated rings. The van der Waals surface area contributed by atoms with Crippen molar-refractivity contribution in [2.24, 2.45) is 0 Å². The Labute approximate surface area is 103 Å². The van der Waals surface area contributed by atoms with Gasteiger partial charge in [0.15, 0.2) is 6.20 Å². The van der Waals surface area contributed by atoms with Crippen LogP contribution >= 0.6 is 0 Å². The Bertz CT molecular complexity index is 704. The topological polar surface area (TPSA) is 61.1 Å². The highest BCUT2D eigenvalue weighted by Gasteiger charge is 2.35. The standard InChI is InChI=1S/C14H9NO3/c1-8-6-11-12(15(18)7-8)14(17)10-5-3-2-4-9(10)13(11)16/h2-7H,1H3. The molecule has 4 nitrogen and oxygen atoms in total. The summed E-state index contributed by atoms with van der Waals surface area (Å²) in [5.74, 6) is -0.663. The third kappa shape index (κ3) is 1.29. The van der Waals surface area contributed by atoms with Gasteiger partial charge in [0.25, 0.3) is 11.5 Å². The molecule has 0 aliphatic heterocycles. The van der Waals surface area contributed by atoms with E-state index in [0.29, 0.717) is 21.4 Å². The van der Waals surface area contributed by atoms with E-state index in [4.69, 9.17) is 0 Å². The minimum absolute atomic E-state index is 0.0794. The van der Waals surface area contributed by atoms with E-state index in [0.717, 1.165) is 0 Å². The molecule has 18 heavy (non-hydrogen) atoms. The van der Waals surface area contributed by atoms with E-state index in [-0.39, 0.29) is 17.0 Å². The average Bonchev–Trinajstić information content (AvgIpc) is 2.35. The van der Waals surface area contributed by atoms with Crippen LogP contribution in [0.5, 0.6) is 0 Å². The second kappa shape index (κ2) is 3.50. The van der Waals surface area contributed by atoms with Crippen molar-refractivity contribution in [3.63, 3.8) is 0 Å². The van der Waals surface area contributed by atoms with Crippen LogP contribution in [-0.4, -0.2) is 11.6 Å². The molecule has 0 spiro atoms. The van der Waals surface area contributed by atoms with Crippen molar-refractivity contribution in [1.82, 2.24) is 0 Å². The molecule has 0 unspecified atom stereocenters. The Balaban J connectivity index is 2.37. The zero-order valence-electron chi connectivity index (χ0n) is 9.64. The van der Waals surface area contributed by atoms with Crippen molar-refractivity contribution in [2.75, 3.05) is 0 Å². The number of fused-ring (bicyclic) bond motifs is 2. The number of nitrogens with zero attached hydrogens (tertiary/aromatic N) is 1. The van der Waals surface area contributed by atoms with Gasteiger partial charge in [-0.1, -0.05) is 24.3 Å². The number of ketones is 2. The SMILES string of the molecule is Cc1cc2c([n+]([O-])c1)C(=O)c1ccccc1C2=O. The molecule has 0 amide bonds. The highest BCUT2D eigenvalue weighted by Crippen LogP contribution is 2.25. The summed E-state index contributed by atoms with van der Waals surface area (Å²) in [5, 5.41) is 11.8. The Morgan fingerprint density at radius 2 is 1.61 bits per heavy atom. The van der Waals surface area contributed by atoms with E-state index < -0.39 is 5.78 Å². The van der Waals surface area contributed by atoms with Gasteiger partial charge in [-0.2, -0.15) is 4.73 Å². The third-order valence-corrected chi connectivity index (χ3v) is 3.04. The van der Waals surface area contributed by atoms with Crippen molar-refractivity contribution in [1.29, 1.82) is 0 Å². The smallest absolute Gasteiger partial charge is 0.276 e. The number of rotatable bonds is 0. The highest BCUT2D eigenvalue weighted by molar-refractivity contribution is 6.27. The quantitative estimate of drug-likeness (QED) is 0.440. The number of aromatic nitrogens is 1. The number of carbonyl (C=O) groups is 2. The van der Waals surface area contributed by atoms with E-state index in [2.05, 4.69) is 0 Å². The molecule has 1 aliphatic rings. The molecule has 2 aromatic rings. The number of pyridine rings is 1. The van der Waals surface area contributed by atoms with Crippen LogP contribution in [0, 0.1) is 12.1 Å². The van der Waals surface area contributed by atoms with Crippen molar-refractivity contribution < 1.29 is 14.3 Å². The molecule has 1 aliphatic carbocycles. The largest absolute Gasteiger partial charge is 0.618 e. The van der Waals surface area contributed by atoms with Crippen LogP contribution in [0.1, 0.15) is 37.5 Å². The summed E-state index contributed by atoms with van der Waals surface area (Å²) < 4.78 is 0.487. The summed E-state index contributed by atoms with van der Waals surface area (Å²) in [5.41, 5.74) is 1.42. The number of benzene rings is 1. The van der Waals surface area contributed by atoms with Crippen LogP contribution in [0.2, 0.25) is 0 Å². The first-order valence-corrected chi connectivity index (χ1v) is 5.52. The summed E-state index contributed by atoms with van der Waals surface area (Å²) in [6, 6.07) is 8.14. The lowest BCUT2D eigenvalue weighted by atomic mass is 9.86. The van der Waals surface area contributed by atoms with Crippen molar-refractivity contribution >= 4 is 11.6 Å². The van der Waals surface area contributed by atoms with Crippen LogP contribution in [0.25, 0.3) is 0 Å². The van der Waals surface area contributed by atoms with Crippen LogP contribution in [0.15, 0.2) is 36.5 Å². The maximum atomic E-state index is 12.3. The van der Waals surface area contributed by atoms with Crippen molar-refractivity contribution in [3.8, 4) is 0 Å². The lowest BCUT2D eigenvalue weighted by molar-refractivity contribution is -0.608. The van der Waals surface area contributed by atoms with Gasteiger partial charge >= 0.3 is 0 Å². The van der Waals surface area contributed by atoms with Gasteiger partial charge in [-0.05, 0) is 13.0 Å². The molecular formula is C14H9NO3. The summed E-state index contributed by atoms with van der Waals surface area (Å²) in [6.45, 7) is 1.72. The van der Waals surface area contributed by atoms with Crippen molar-refractivity contribution in [3.05, 3.63) is 69.7 Å². The molecule has 1 heterocycles. The first-order chi connectivity index (χ1) is 8.59. The predicted octanol–water partition coefficient (Wildman–Crippen LogP) is 1.40. The van der Waals surface area contributed by atoms with E-state index in [1.54, 1.807) is 37.3 Å². The Morgan fingerprint density at radius 1 is 1.00 bits per heavy atom. The number of hydrogen-bond donors (Lipinski definition) is 0. The molecule has 1 aromatic carbocycles. The van der Waals surface area contributed by atoms with Crippen LogP contribution in [-0.2, 0) is 0 Å². The molecule has 0 saturated heterocycles. The van der Waals surface area contributed by atoms with Gasteiger partial charge in [0, 0.05) is 16.7 Å². The molecule has 0 saturated carbocycles. The Morgan fingerprint density at radius 3 is 2.28 bits per heavy atom. The molecular weight excluding hydrogens is 230 g/mol. The number of aryl methyl sites for hydroxylation is 1. The zero-order valence-corrected chi connectivity index (χ0v) is 9.64. The molecule has 4 heteroatoms. The molecule has 1 aromatic heterocycles. The van der Waals surface area contributed by atoms with Crippen LogP contribution < -0.4 is 4.73 Å². The highest BCUT2D eigenvalue weighted by atomic mass is 16.5. The lowest BCUT2D eigenvalue weighted by Gasteiger charge is -2.16. The van der Waals surface area contributed by atoms with Crippen LogP contribution in [0.3, 0.4) is 0 Å². The predicted molar refractivity (Wildman–Crippen MR) is 63.4 cm³/mol. The monoisotopic (exact) mass is 239 g/mol. The second-order valence-corrected chi connectivity index (χ2v) is 4.31. The third-order valence-electron chi connectivity index (χ3n) is 3.04. The first kappa shape index (κ1) is 10.7. The van der Waals surface area contributed by atoms with E-state index in [1.165, 1.54) is 6.20 Å². The fourth-order valence-electron chi connectivity index (χ4n) is 2.25. The lowest BCUT2D eigenvalue weighted by Crippen LogP contribution is -2.40. The summed E-state index contributed by atoms with van der Waals surface area (Å²) in [4.78, 5) is 24.5. The average molecular weight is 239 g/mol. The summed E-state index contributed by atoms with van der Waals surface area (Å²) >= 11 is 0. The van der Waals surface area contributed by atoms with E-state index in [9.17, 15) is 14.8 Å². The molecule has 0 atom stereocenters. The van der Waals surface area contributed by atoms with Gasteiger partial charge in [0.1, 0.15) is 5.56 Å². The normalized spacial score (nSPS) is 13.2. The first-order valence-electron chi connectivity index (χ1n) is 5.52. The van der Waals surface area contributed by atoms with Gasteiger partial charge in [0.2, 0.25) is 5.78 Å². The zero-order chi connectivity index (χ0) is 12.9. The van der Waals surface area contributed by atoms with Gasteiger partial charge in [0.05, 0.1) is 0 Å². The van der Waals surface area contributed by atoms with Crippen molar-refractivity contribution in [2.45, 2.75) is 6.92 Å². The number of carbonyl (C=O) groups excluding carboxylic acids is 2. The van der Waals surface area contributed by atoms with E-state index in [1.807, 2.05) is 0 Å². The van der Waals surface area contributed by atoms with Gasteiger partial charge in [-0.25, -0.2) is 0 Å². The summed E-state index contributed by atoms with van der Waals surface area (Å²) in [6.07, 6.45) is 1.30. The fourth-order valence-corrected chi connectivity index (χ4v) is 2.25. The maximum Gasteiger partial charge on any atom is 0.276 e. The minimum Gasteiger partial charge on any atom is -0.618 e.